The largest absolute Gasteiger partial charge is 0.393 e. The van der Waals surface area contributed by atoms with Crippen LogP contribution in [-0.4, -0.2) is 21.0 Å². The van der Waals surface area contributed by atoms with Crippen molar-refractivity contribution in [3.63, 3.8) is 0 Å². The molecular formula is C12H20N2O. The first kappa shape index (κ1) is 10.7. The topological polar surface area (TPSA) is 38.0 Å². The summed E-state index contributed by atoms with van der Waals surface area (Å²) in [5.74, 6) is 0.535. The summed E-state index contributed by atoms with van der Waals surface area (Å²) in [5, 5.41) is 14.0. The molecule has 15 heavy (non-hydrogen) atoms. The minimum atomic E-state index is -0.129. The van der Waals surface area contributed by atoms with E-state index in [4.69, 9.17) is 0 Å². The fraction of sp³-hybridized carbons (Fsp3) is 0.750. The van der Waals surface area contributed by atoms with Crippen molar-refractivity contribution in [1.82, 2.24) is 9.78 Å². The highest BCUT2D eigenvalue weighted by Gasteiger charge is 2.22. The summed E-state index contributed by atoms with van der Waals surface area (Å²) in [4.78, 5) is 0. The number of nitrogens with zero attached hydrogens (tertiary/aromatic N) is 2. The Bertz CT molecular complexity index is 319. The van der Waals surface area contributed by atoms with Crippen LogP contribution in [0.5, 0.6) is 0 Å². The number of hydrogen-bond acceptors (Lipinski definition) is 2. The average molecular weight is 208 g/mol. The normalized spacial score (nSPS) is 27.2. The molecule has 1 aliphatic rings. The Morgan fingerprint density at radius 1 is 1.47 bits per heavy atom. The van der Waals surface area contributed by atoms with Gasteiger partial charge in [0.15, 0.2) is 0 Å². The van der Waals surface area contributed by atoms with Crippen molar-refractivity contribution in [2.24, 2.45) is 0 Å². The minimum Gasteiger partial charge on any atom is -0.393 e. The van der Waals surface area contributed by atoms with Crippen molar-refractivity contribution in [3.8, 4) is 0 Å². The zero-order valence-corrected chi connectivity index (χ0v) is 9.56. The second-order valence-electron chi connectivity index (χ2n) is 4.88. The van der Waals surface area contributed by atoms with Gasteiger partial charge in [-0.15, -0.1) is 0 Å². The Labute approximate surface area is 91.1 Å². The van der Waals surface area contributed by atoms with E-state index in [1.807, 2.05) is 10.9 Å². The van der Waals surface area contributed by atoms with Crippen LogP contribution in [0.25, 0.3) is 0 Å². The fourth-order valence-electron chi connectivity index (χ4n) is 2.23. The van der Waals surface area contributed by atoms with Crippen molar-refractivity contribution in [3.05, 3.63) is 18.0 Å². The highest BCUT2D eigenvalue weighted by molar-refractivity contribution is 5.09. The van der Waals surface area contributed by atoms with Crippen LogP contribution in [0.15, 0.2) is 12.4 Å². The summed E-state index contributed by atoms with van der Waals surface area (Å²) >= 11 is 0. The van der Waals surface area contributed by atoms with Crippen LogP contribution >= 0.6 is 0 Å². The van der Waals surface area contributed by atoms with E-state index in [0.29, 0.717) is 12.0 Å². The van der Waals surface area contributed by atoms with E-state index in [1.54, 1.807) is 0 Å². The van der Waals surface area contributed by atoms with Gasteiger partial charge in [0.1, 0.15) is 0 Å². The van der Waals surface area contributed by atoms with Crippen LogP contribution in [0.3, 0.4) is 0 Å². The van der Waals surface area contributed by atoms with Gasteiger partial charge >= 0.3 is 0 Å². The van der Waals surface area contributed by atoms with Crippen LogP contribution < -0.4 is 0 Å². The molecule has 0 saturated heterocycles. The van der Waals surface area contributed by atoms with Gasteiger partial charge in [-0.3, -0.25) is 4.68 Å². The van der Waals surface area contributed by atoms with Gasteiger partial charge in [0.05, 0.1) is 18.3 Å². The molecule has 2 unspecified atom stereocenters. The molecule has 2 atom stereocenters. The molecule has 1 aliphatic carbocycles. The second kappa shape index (κ2) is 4.35. The maximum Gasteiger partial charge on any atom is 0.0560 e. The molecule has 0 aromatic carbocycles. The van der Waals surface area contributed by atoms with Gasteiger partial charge in [-0.05, 0) is 37.2 Å². The zero-order chi connectivity index (χ0) is 10.8. The lowest BCUT2D eigenvalue weighted by molar-refractivity contribution is 0.100. The SMILES string of the molecule is CC(C)c1cnn(C2CCCC(O)C2)c1. The molecule has 3 heteroatoms. The third-order valence-electron chi connectivity index (χ3n) is 3.28. The molecule has 1 N–H and O–H groups in total. The second-order valence-corrected chi connectivity index (χ2v) is 4.88. The Morgan fingerprint density at radius 2 is 2.27 bits per heavy atom. The quantitative estimate of drug-likeness (QED) is 0.810. The van der Waals surface area contributed by atoms with Crippen LogP contribution in [0.2, 0.25) is 0 Å². The van der Waals surface area contributed by atoms with Crippen LogP contribution in [-0.2, 0) is 0 Å². The first-order chi connectivity index (χ1) is 7.16. The minimum absolute atomic E-state index is 0.129. The lowest BCUT2D eigenvalue weighted by atomic mass is 9.93. The van der Waals surface area contributed by atoms with Crippen LogP contribution in [0.4, 0.5) is 0 Å². The van der Waals surface area contributed by atoms with Gasteiger partial charge in [-0.25, -0.2) is 0 Å². The van der Waals surface area contributed by atoms with Gasteiger partial charge in [0.25, 0.3) is 0 Å². The van der Waals surface area contributed by atoms with Crippen LogP contribution in [0.1, 0.15) is 57.1 Å². The summed E-state index contributed by atoms with van der Waals surface area (Å²) < 4.78 is 2.04. The van der Waals surface area contributed by atoms with Gasteiger partial charge < -0.3 is 5.11 Å². The maximum absolute atomic E-state index is 9.62. The Morgan fingerprint density at radius 3 is 2.87 bits per heavy atom. The van der Waals surface area contributed by atoms with Crippen molar-refractivity contribution in [1.29, 1.82) is 0 Å². The van der Waals surface area contributed by atoms with Gasteiger partial charge in [-0.1, -0.05) is 13.8 Å². The van der Waals surface area contributed by atoms with Crippen molar-refractivity contribution < 1.29 is 5.11 Å². The van der Waals surface area contributed by atoms with E-state index in [1.165, 1.54) is 5.56 Å². The monoisotopic (exact) mass is 208 g/mol. The molecule has 3 nitrogen and oxygen atoms in total. The third kappa shape index (κ3) is 2.40. The van der Waals surface area contributed by atoms with Gasteiger partial charge in [0, 0.05) is 6.20 Å². The molecule has 1 aromatic heterocycles. The van der Waals surface area contributed by atoms with E-state index in [0.717, 1.165) is 25.7 Å². The molecule has 1 aromatic rings. The smallest absolute Gasteiger partial charge is 0.0560 e. The Kier molecular flexibility index (Phi) is 3.10. The number of aliphatic hydroxyl groups excluding tert-OH is 1. The van der Waals surface area contributed by atoms with E-state index >= 15 is 0 Å². The lowest BCUT2D eigenvalue weighted by Gasteiger charge is -2.26. The molecule has 0 aliphatic heterocycles. The van der Waals surface area contributed by atoms with Gasteiger partial charge in [0.2, 0.25) is 0 Å². The average Bonchev–Trinajstić information content (AvgIpc) is 2.66. The molecular weight excluding hydrogens is 188 g/mol. The predicted molar refractivity (Wildman–Crippen MR) is 59.8 cm³/mol. The van der Waals surface area contributed by atoms with Gasteiger partial charge in [-0.2, -0.15) is 5.10 Å². The standard InChI is InChI=1S/C12H20N2O/c1-9(2)10-7-13-14(8-10)11-4-3-5-12(15)6-11/h7-9,11-12,15H,3-6H2,1-2H3. The number of aromatic nitrogens is 2. The molecule has 84 valence electrons. The highest BCUT2D eigenvalue weighted by atomic mass is 16.3. The van der Waals surface area contributed by atoms with E-state index in [-0.39, 0.29) is 6.10 Å². The zero-order valence-electron chi connectivity index (χ0n) is 9.56. The molecule has 0 radical (unpaired) electrons. The third-order valence-corrected chi connectivity index (χ3v) is 3.28. The van der Waals surface area contributed by atoms with E-state index in [9.17, 15) is 5.11 Å². The molecule has 2 rings (SSSR count). The Hall–Kier alpha value is -0.830. The number of rotatable bonds is 2. The predicted octanol–water partition coefficient (Wildman–Crippen LogP) is 2.48. The molecule has 1 saturated carbocycles. The van der Waals surface area contributed by atoms with E-state index in [2.05, 4.69) is 25.1 Å². The summed E-state index contributed by atoms with van der Waals surface area (Å²) in [5.41, 5.74) is 1.29. The lowest BCUT2D eigenvalue weighted by Crippen LogP contribution is -2.22. The summed E-state index contributed by atoms with van der Waals surface area (Å²) in [6.45, 7) is 4.36. The molecule has 1 fully saturated rings. The molecule has 1 heterocycles. The van der Waals surface area contributed by atoms with Crippen molar-refractivity contribution in [2.75, 3.05) is 0 Å². The summed E-state index contributed by atoms with van der Waals surface area (Å²) in [6, 6.07) is 0.404. The van der Waals surface area contributed by atoms with Crippen LogP contribution in [0, 0.1) is 0 Å². The molecule has 0 amide bonds. The first-order valence-corrected chi connectivity index (χ1v) is 5.89. The number of hydrogen-bond donors (Lipinski definition) is 1. The van der Waals surface area contributed by atoms with E-state index < -0.39 is 0 Å². The van der Waals surface area contributed by atoms with Crippen molar-refractivity contribution in [2.45, 2.75) is 57.6 Å². The van der Waals surface area contributed by atoms with Crippen molar-refractivity contribution >= 4 is 0 Å². The molecule has 0 spiro atoms. The first-order valence-electron chi connectivity index (χ1n) is 5.89. The highest BCUT2D eigenvalue weighted by Crippen LogP contribution is 2.28. The molecule has 0 bridgehead atoms. The summed E-state index contributed by atoms with van der Waals surface area (Å²) in [7, 11) is 0. The Balaban J connectivity index is 2.08. The fourth-order valence-corrected chi connectivity index (χ4v) is 2.23. The maximum atomic E-state index is 9.62. The summed E-state index contributed by atoms with van der Waals surface area (Å²) in [6.07, 6.45) is 8.03. The number of aliphatic hydroxyl groups is 1.